The van der Waals surface area contributed by atoms with E-state index in [0.29, 0.717) is 0 Å². The number of hydrogen-bond donors (Lipinski definition) is 0. The van der Waals surface area contributed by atoms with Gasteiger partial charge < -0.3 is 0 Å². The van der Waals surface area contributed by atoms with Gasteiger partial charge >= 0.3 is 0 Å². The van der Waals surface area contributed by atoms with Gasteiger partial charge in [0.25, 0.3) is 0 Å². The van der Waals surface area contributed by atoms with Crippen LogP contribution in [0.15, 0.2) is 292 Å². The van der Waals surface area contributed by atoms with E-state index >= 15 is 0 Å². The predicted octanol–water partition coefficient (Wildman–Crippen LogP) is 18.7. The van der Waals surface area contributed by atoms with E-state index in [2.05, 4.69) is 275 Å². The molecule has 0 heteroatoms. The molecule has 0 aliphatic heterocycles. The van der Waals surface area contributed by atoms with Gasteiger partial charge in [-0.15, -0.1) is 0 Å². The van der Waals surface area contributed by atoms with Crippen LogP contribution in [0.1, 0.15) is 44.9 Å². The third kappa shape index (κ3) is 11.9. The van der Waals surface area contributed by atoms with E-state index in [1.165, 1.54) is 89.0 Å². The van der Waals surface area contributed by atoms with Crippen LogP contribution in [0.5, 0.6) is 0 Å². The Morgan fingerprint density at radius 2 is 0.643 bits per heavy atom. The van der Waals surface area contributed by atoms with Crippen molar-refractivity contribution in [2.24, 2.45) is 0 Å². The Kier molecular flexibility index (Phi) is 15.3. The molecule has 0 nitrogen and oxygen atoms in total. The lowest BCUT2D eigenvalue weighted by atomic mass is 9.84. The van der Waals surface area contributed by atoms with Crippen LogP contribution >= 0.6 is 0 Å². The molecule has 70 heavy (non-hydrogen) atoms. The highest BCUT2D eigenvalue weighted by Crippen LogP contribution is 2.34. The Bertz CT molecular complexity index is 3150. The standard InChI is InChI=1S/C57H46.C13H12/c1-3-11-45(4-2)48-22-16-42(17-23-48)40-43-18-24-49(25-19-43)53-28-30-54(31-29-53)50-26-20-44(21-27-50)41-57(55-36-32-51(33-37-55)46-12-7-5-8-13-46)56-38-34-52(35-39-56)47-14-9-6-10-15-47;1-11-7-9-13(10-8-11)12-5-3-2-4-6-12/h3-39,57H,1-2,40-41H2;2-10H,1H3/b45-11+;. The SMILES string of the molecule is C=C/C=C(\C=C)c1ccc(Cc2ccc(-c3ccc(-c4ccc(CC(c5ccc(-c6ccccc6)cc5)c5ccc(-c6ccccc6)cc5)cc4)cc3)cc2)cc1.Cc1ccc(-c2ccccc2)cc1. The molecule has 10 aromatic carbocycles. The first-order chi connectivity index (χ1) is 34.5. The fraction of sp³-hybridized carbons (Fsp3) is 0.0571. The summed E-state index contributed by atoms with van der Waals surface area (Å²) in [6, 6.07) is 94.3. The van der Waals surface area contributed by atoms with Crippen molar-refractivity contribution >= 4 is 5.57 Å². The Hall–Kier alpha value is -8.58. The van der Waals surface area contributed by atoms with Crippen LogP contribution < -0.4 is 0 Å². The van der Waals surface area contributed by atoms with E-state index in [9.17, 15) is 0 Å². The zero-order valence-electron chi connectivity index (χ0n) is 40.0. The summed E-state index contributed by atoms with van der Waals surface area (Å²) in [5, 5.41) is 0. The van der Waals surface area contributed by atoms with Crippen molar-refractivity contribution < 1.29 is 0 Å². The van der Waals surface area contributed by atoms with E-state index in [0.717, 1.165) is 24.0 Å². The summed E-state index contributed by atoms with van der Waals surface area (Å²) in [4.78, 5) is 0. The fourth-order valence-electron chi connectivity index (χ4n) is 9.08. The molecule has 0 N–H and O–H groups in total. The van der Waals surface area contributed by atoms with Crippen LogP contribution in [0.4, 0.5) is 0 Å². The highest BCUT2D eigenvalue weighted by atomic mass is 14.2. The molecular weight excluding hydrogens is 841 g/mol. The fourth-order valence-corrected chi connectivity index (χ4v) is 9.08. The maximum absolute atomic E-state index is 3.93. The Balaban J connectivity index is 0.000000403. The summed E-state index contributed by atoms with van der Waals surface area (Å²) in [7, 11) is 0. The maximum atomic E-state index is 3.93. The minimum absolute atomic E-state index is 0.229. The van der Waals surface area contributed by atoms with Crippen molar-refractivity contribution in [2.45, 2.75) is 25.7 Å². The number of aryl methyl sites for hydroxylation is 1. The topological polar surface area (TPSA) is 0 Å². The molecule has 0 unspecified atom stereocenters. The summed E-state index contributed by atoms with van der Waals surface area (Å²) in [6.45, 7) is 9.85. The van der Waals surface area contributed by atoms with Crippen LogP contribution in [0.25, 0.3) is 61.2 Å². The number of rotatable bonds is 14. The minimum atomic E-state index is 0.229. The molecular formula is C70H58. The first kappa shape index (κ1) is 46.5. The molecule has 0 aliphatic rings. The van der Waals surface area contributed by atoms with Gasteiger partial charge in [0.15, 0.2) is 0 Å². The van der Waals surface area contributed by atoms with Crippen molar-refractivity contribution in [3.8, 4) is 55.6 Å². The van der Waals surface area contributed by atoms with Gasteiger partial charge in [-0.05, 0) is 114 Å². The average molecular weight is 899 g/mol. The Labute approximate surface area is 416 Å². The summed E-state index contributed by atoms with van der Waals surface area (Å²) < 4.78 is 0. The van der Waals surface area contributed by atoms with Gasteiger partial charge in [-0.1, -0.05) is 298 Å². The molecule has 0 aromatic heterocycles. The second-order valence-corrected chi connectivity index (χ2v) is 17.9. The molecule has 0 fully saturated rings. The van der Waals surface area contributed by atoms with Crippen LogP contribution in [0.2, 0.25) is 0 Å². The van der Waals surface area contributed by atoms with E-state index in [4.69, 9.17) is 0 Å². The number of hydrogen-bond acceptors (Lipinski definition) is 0. The number of allylic oxidation sites excluding steroid dienone is 4. The monoisotopic (exact) mass is 898 g/mol. The van der Waals surface area contributed by atoms with E-state index in [-0.39, 0.29) is 5.92 Å². The van der Waals surface area contributed by atoms with Crippen LogP contribution in [0.3, 0.4) is 0 Å². The molecule has 0 bridgehead atoms. The van der Waals surface area contributed by atoms with Crippen LogP contribution in [-0.4, -0.2) is 0 Å². The quantitative estimate of drug-likeness (QED) is 0.0954. The molecule has 338 valence electrons. The summed E-state index contributed by atoms with van der Waals surface area (Å²) in [5.41, 5.74) is 22.5. The zero-order chi connectivity index (χ0) is 47.9. The van der Waals surface area contributed by atoms with Gasteiger partial charge in [-0.3, -0.25) is 0 Å². The molecule has 0 heterocycles. The molecule has 0 saturated carbocycles. The van der Waals surface area contributed by atoms with Gasteiger partial charge in [-0.2, -0.15) is 0 Å². The van der Waals surface area contributed by atoms with Crippen molar-refractivity contribution in [1.29, 1.82) is 0 Å². The van der Waals surface area contributed by atoms with Gasteiger partial charge in [-0.25, -0.2) is 0 Å². The largest absolute Gasteiger partial charge is 0.0990 e. The molecule has 0 atom stereocenters. The third-order valence-electron chi connectivity index (χ3n) is 13.1. The van der Waals surface area contributed by atoms with Gasteiger partial charge in [0.05, 0.1) is 0 Å². The predicted molar refractivity (Wildman–Crippen MR) is 301 cm³/mol. The van der Waals surface area contributed by atoms with E-state index in [1.807, 2.05) is 18.2 Å². The van der Waals surface area contributed by atoms with Crippen molar-refractivity contribution in [3.05, 3.63) is 331 Å². The second kappa shape index (κ2) is 22.9. The Morgan fingerprint density at radius 3 is 1.00 bits per heavy atom. The molecule has 10 aromatic rings. The van der Waals surface area contributed by atoms with Crippen molar-refractivity contribution in [1.82, 2.24) is 0 Å². The minimum Gasteiger partial charge on any atom is -0.0990 e. The first-order valence-electron chi connectivity index (χ1n) is 24.3. The highest BCUT2D eigenvalue weighted by Gasteiger charge is 2.17. The normalized spacial score (nSPS) is 11.1. The van der Waals surface area contributed by atoms with Gasteiger partial charge in [0.2, 0.25) is 0 Å². The summed E-state index contributed by atoms with van der Waals surface area (Å²) in [6.07, 6.45) is 7.47. The Morgan fingerprint density at radius 1 is 0.343 bits per heavy atom. The average Bonchev–Trinajstić information content (AvgIpc) is 3.44. The molecule has 0 saturated heterocycles. The van der Waals surface area contributed by atoms with Gasteiger partial charge in [0, 0.05) is 5.92 Å². The van der Waals surface area contributed by atoms with Crippen molar-refractivity contribution in [3.63, 3.8) is 0 Å². The second-order valence-electron chi connectivity index (χ2n) is 17.9. The maximum Gasteiger partial charge on any atom is 0.0130 e. The molecule has 0 aliphatic carbocycles. The molecule has 10 rings (SSSR count). The highest BCUT2D eigenvalue weighted by molar-refractivity contribution is 5.75. The summed E-state index contributed by atoms with van der Waals surface area (Å²) in [5.74, 6) is 0.229. The van der Waals surface area contributed by atoms with Crippen LogP contribution in [0, 0.1) is 6.92 Å². The van der Waals surface area contributed by atoms with E-state index in [1.54, 1.807) is 6.08 Å². The smallest absolute Gasteiger partial charge is 0.0130 e. The first-order valence-corrected chi connectivity index (χ1v) is 24.3. The lowest BCUT2D eigenvalue weighted by molar-refractivity contribution is 0.805. The third-order valence-corrected chi connectivity index (χ3v) is 13.1. The molecule has 0 radical (unpaired) electrons. The lowest BCUT2D eigenvalue weighted by Crippen LogP contribution is -2.05. The van der Waals surface area contributed by atoms with Crippen molar-refractivity contribution in [2.75, 3.05) is 0 Å². The number of benzene rings is 10. The van der Waals surface area contributed by atoms with E-state index < -0.39 is 0 Å². The molecule has 0 spiro atoms. The summed E-state index contributed by atoms with van der Waals surface area (Å²) >= 11 is 0. The molecule has 0 amide bonds. The van der Waals surface area contributed by atoms with Crippen LogP contribution in [-0.2, 0) is 12.8 Å². The zero-order valence-corrected chi connectivity index (χ0v) is 40.0. The van der Waals surface area contributed by atoms with Gasteiger partial charge in [0.1, 0.15) is 0 Å². The lowest BCUT2D eigenvalue weighted by Gasteiger charge is -2.20.